The molecule has 0 saturated carbocycles. The van der Waals surface area contributed by atoms with Crippen molar-refractivity contribution >= 4 is 5.91 Å². The summed E-state index contributed by atoms with van der Waals surface area (Å²) < 4.78 is 0. The molecule has 1 N–H and O–H groups in total. The van der Waals surface area contributed by atoms with Crippen molar-refractivity contribution in [2.24, 2.45) is 0 Å². The van der Waals surface area contributed by atoms with Gasteiger partial charge in [-0.05, 0) is 65.3 Å². The molecule has 142 valence electrons. The lowest BCUT2D eigenvalue weighted by Gasteiger charge is -2.32. The van der Waals surface area contributed by atoms with Crippen molar-refractivity contribution in [2.75, 3.05) is 13.1 Å². The van der Waals surface area contributed by atoms with Gasteiger partial charge < -0.3 is 10.0 Å². The van der Waals surface area contributed by atoms with Gasteiger partial charge in [0.1, 0.15) is 0 Å². The van der Waals surface area contributed by atoms with Crippen LogP contribution in [0.5, 0.6) is 0 Å². The summed E-state index contributed by atoms with van der Waals surface area (Å²) in [5.41, 5.74) is 4.99. The Kier molecular flexibility index (Phi) is 5.49. The number of pyridine rings is 1. The zero-order valence-corrected chi connectivity index (χ0v) is 15.8. The van der Waals surface area contributed by atoms with E-state index >= 15 is 0 Å². The van der Waals surface area contributed by atoms with Gasteiger partial charge in [-0.25, -0.2) is 0 Å². The molecule has 0 spiro atoms. The van der Waals surface area contributed by atoms with Crippen LogP contribution < -0.4 is 0 Å². The second kappa shape index (κ2) is 8.36. The Bertz CT molecular complexity index is 930. The number of rotatable bonds is 4. The van der Waals surface area contributed by atoms with E-state index in [1.54, 1.807) is 0 Å². The van der Waals surface area contributed by atoms with Crippen molar-refractivity contribution in [3.63, 3.8) is 0 Å². The Hall–Kier alpha value is -2.98. The zero-order valence-electron chi connectivity index (χ0n) is 15.8. The van der Waals surface area contributed by atoms with E-state index in [0.29, 0.717) is 5.92 Å². The summed E-state index contributed by atoms with van der Waals surface area (Å²) in [7, 11) is 0. The third-order valence-electron chi connectivity index (χ3n) is 5.54. The minimum absolute atomic E-state index is 0.0360. The largest absolute Gasteiger partial charge is 0.392 e. The minimum atomic E-state index is 0.0360. The van der Waals surface area contributed by atoms with Crippen LogP contribution in [0, 0.1) is 0 Å². The highest BCUT2D eigenvalue weighted by atomic mass is 16.3. The van der Waals surface area contributed by atoms with Gasteiger partial charge in [0.2, 0.25) is 0 Å². The maximum atomic E-state index is 13.0. The predicted molar refractivity (Wildman–Crippen MR) is 110 cm³/mol. The Balaban J connectivity index is 1.45. The zero-order chi connectivity index (χ0) is 19.3. The number of carbonyl (C=O) groups is 1. The third kappa shape index (κ3) is 3.97. The van der Waals surface area contributed by atoms with Gasteiger partial charge in [0.15, 0.2) is 0 Å². The minimum Gasteiger partial charge on any atom is -0.392 e. The van der Waals surface area contributed by atoms with Crippen LogP contribution in [0.4, 0.5) is 0 Å². The van der Waals surface area contributed by atoms with Crippen LogP contribution in [-0.2, 0) is 6.61 Å². The van der Waals surface area contributed by atoms with Crippen LogP contribution in [0.2, 0.25) is 0 Å². The number of hydrogen-bond acceptors (Lipinski definition) is 3. The molecule has 1 saturated heterocycles. The highest BCUT2D eigenvalue weighted by Crippen LogP contribution is 2.29. The van der Waals surface area contributed by atoms with Crippen LogP contribution in [0.1, 0.15) is 40.2 Å². The van der Waals surface area contributed by atoms with Gasteiger partial charge in [-0.1, -0.05) is 36.4 Å². The van der Waals surface area contributed by atoms with Crippen molar-refractivity contribution in [3.8, 4) is 11.1 Å². The van der Waals surface area contributed by atoms with E-state index in [1.165, 1.54) is 5.56 Å². The van der Waals surface area contributed by atoms with Gasteiger partial charge in [0.05, 0.1) is 6.61 Å². The van der Waals surface area contributed by atoms with E-state index in [9.17, 15) is 9.90 Å². The molecule has 2 aromatic carbocycles. The molecule has 4 rings (SSSR count). The van der Waals surface area contributed by atoms with Crippen molar-refractivity contribution in [1.82, 2.24) is 9.88 Å². The fraction of sp³-hybridized carbons (Fsp3) is 0.250. The fourth-order valence-corrected chi connectivity index (χ4v) is 3.87. The molecule has 4 heteroatoms. The van der Waals surface area contributed by atoms with Crippen LogP contribution >= 0.6 is 0 Å². The maximum Gasteiger partial charge on any atom is 0.253 e. The average Bonchev–Trinajstić information content (AvgIpc) is 2.79. The van der Waals surface area contributed by atoms with Crippen molar-refractivity contribution in [3.05, 3.63) is 89.7 Å². The monoisotopic (exact) mass is 372 g/mol. The summed E-state index contributed by atoms with van der Waals surface area (Å²) in [6.45, 7) is 1.59. The Morgan fingerprint density at radius 1 is 0.964 bits per heavy atom. The van der Waals surface area contributed by atoms with E-state index < -0.39 is 0 Å². The number of amides is 1. The molecule has 0 atom stereocenters. The summed E-state index contributed by atoms with van der Waals surface area (Å²) in [4.78, 5) is 19.1. The summed E-state index contributed by atoms with van der Waals surface area (Å²) in [6, 6.07) is 19.7. The first kappa shape index (κ1) is 18.4. The van der Waals surface area contributed by atoms with E-state index in [4.69, 9.17) is 0 Å². The molecule has 2 heterocycles. The molecule has 1 aliphatic rings. The number of nitrogens with zero attached hydrogens (tertiary/aromatic N) is 2. The number of likely N-dealkylation sites (tertiary alicyclic amines) is 1. The van der Waals surface area contributed by atoms with Gasteiger partial charge in [-0.3, -0.25) is 9.78 Å². The van der Waals surface area contributed by atoms with E-state index in [1.807, 2.05) is 65.8 Å². The standard InChI is InChI=1S/C24H24N2O2/c27-17-18-4-6-19(7-5-18)22-2-1-3-23(16-22)24(28)26-14-10-21(11-15-26)20-8-12-25-13-9-20/h1-9,12-13,16,21,27H,10-11,14-15,17H2. The lowest BCUT2D eigenvalue weighted by Crippen LogP contribution is -2.37. The van der Waals surface area contributed by atoms with Crippen LogP contribution in [0.3, 0.4) is 0 Å². The van der Waals surface area contributed by atoms with Crippen molar-refractivity contribution in [1.29, 1.82) is 0 Å². The molecular weight excluding hydrogens is 348 g/mol. The molecular formula is C24H24N2O2. The molecule has 1 aromatic heterocycles. The predicted octanol–water partition coefficient (Wildman–Crippen LogP) is 4.26. The first-order valence-electron chi connectivity index (χ1n) is 9.74. The normalized spacial score (nSPS) is 14.8. The molecule has 0 unspecified atom stereocenters. The van der Waals surface area contributed by atoms with Gasteiger partial charge in [0.25, 0.3) is 5.91 Å². The smallest absolute Gasteiger partial charge is 0.253 e. The van der Waals surface area contributed by atoms with Gasteiger partial charge in [-0.15, -0.1) is 0 Å². The van der Waals surface area contributed by atoms with Gasteiger partial charge >= 0.3 is 0 Å². The quantitative estimate of drug-likeness (QED) is 0.744. The summed E-state index contributed by atoms with van der Waals surface area (Å²) in [5, 5.41) is 9.20. The van der Waals surface area contributed by atoms with Crippen molar-refractivity contribution < 1.29 is 9.90 Å². The topological polar surface area (TPSA) is 53.4 Å². The lowest BCUT2D eigenvalue weighted by atomic mass is 9.90. The molecule has 1 fully saturated rings. The second-order valence-electron chi connectivity index (χ2n) is 7.28. The molecule has 0 bridgehead atoms. The highest BCUT2D eigenvalue weighted by molar-refractivity contribution is 5.95. The molecule has 0 aliphatic carbocycles. The molecule has 3 aromatic rings. The number of carbonyl (C=O) groups excluding carboxylic acids is 1. The molecule has 1 amide bonds. The fourth-order valence-electron chi connectivity index (χ4n) is 3.87. The summed E-state index contributed by atoms with van der Waals surface area (Å²) in [5.74, 6) is 0.602. The number of aromatic nitrogens is 1. The van der Waals surface area contributed by atoms with Gasteiger partial charge in [0, 0.05) is 31.0 Å². The Labute approximate surface area is 165 Å². The van der Waals surface area contributed by atoms with Gasteiger partial charge in [-0.2, -0.15) is 0 Å². The first-order valence-corrected chi connectivity index (χ1v) is 9.74. The van der Waals surface area contributed by atoms with Crippen LogP contribution in [0.25, 0.3) is 11.1 Å². The van der Waals surface area contributed by atoms with Crippen molar-refractivity contribution in [2.45, 2.75) is 25.4 Å². The summed E-state index contributed by atoms with van der Waals surface area (Å²) in [6.07, 6.45) is 5.65. The number of hydrogen-bond donors (Lipinski definition) is 1. The average molecular weight is 372 g/mol. The van der Waals surface area contributed by atoms with E-state index in [2.05, 4.69) is 17.1 Å². The van der Waals surface area contributed by atoms with E-state index in [0.717, 1.165) is 48.2 Å². The molecule has 1 aliphatic heterocycles. The number of benzene rings is 2. The van der Waals surface area contributed by atoms with Crippen LogP contribution in [0.15, 0.2) is 73.1 Å². The number of piperidine rings is 1. The first-order chi connectivity index (χ1) is 13.7. The third-order valence-corrected chi connectivity index (χ3v) is 5.54. The van der Waals surface area contributed by atoms with E-state index in [-0.39, 0.29) is 12.5 Å². The number of aliphatic hydroxyl groups excluding tert-OH is 1. The molecule has 0 radical (unpaired) electrons. The highest BCUT2D eigenvalue weighted by Gasteiger charge is 2.24. The maximum absolute atomic E-state index is 13.0. The number of aliphatic hydroxyl groups is 1. The Morgan fingerprint density at radius 2 is 1.68 bits per heavy atom. The SMILES string of the molecule is O=C(c1cccc(-c2ccc(CO)cc2)c1)N1CCC(c2ccncc2)CC1. The Morgan fingerprint density at radius 3 is 2.36 bits per heavy atom. The lowest BCUT2D eigenvalue weighted by molar-refractivity contribution is 0.0713. The van der Waals surface area contributed by atoms with Crippen LogP contribution in [-0.4, -0.2) is 34.0 Å². The molecule has 4 nitrogen and oxygen atoms in total. The second-order valence-corrected chi connectivity index (χ2v) is 7.28. The summed E-state index contributed by atoms with van der Waals surface area (Å²) >= 11 is 0. The molecule has 28 heavy (non-hydrogen) atoms.